The van der Waals surface area contributed by atoms with Crippen LogP contribution in [0.4, 0.5) is 0 Å². The molecule has 1 N–H and O–H groups in total. The fourth-order valence-corrected chi connectivity index (χ4v) is 3.43. The van der Waals surface area contributed by atoms with E-state index in [4.69, 9.17) is 14.0 Å². The standard InChI is InChI=1S/C26H25N3O4/c1-17-9-11-19(12-10-17)25(30)27-23(13-18-7-5-4-6-8-18)26-28-24(29-33-26)20-14-21(31-2)16-22(15-20)32-3/h4-12,14-16,23H,13H2,1-3H3,(H,27,30). The van der Waals surface area contributed by atoms with Crippen molar-refractivity contribution in [3.8, 4) is 22.9 Å². The molecule has 7 nitrogen and oxygen atoms in total. The van der Waals surface area contributed by atoms with Crippen LogP contribution in [0, 0.1) is 6.92 Å². The summed E-state index contributed by atoms with van der Waals surface area (Å²) >= 11 is 0. The summed E-state index contributed by atoms with van der Waals surface area (Å²) in [5.74, 6) is 1.72. The normalized spacial score (nSPS) is 11.6. The van der Waals surface area contributed by atoms with Crippen LogP contribution in [0.2, 0.25) is 0 Å². The highest BCUT2D eigenvalue weighted by Crippen LogP contribution is 2.29. The van der Waals surface area contributed by atoms with Gasteiger partial charge in [-0.05, 0) is 36.8 Å². The number of carbonyl (C=O) groups is 1. The van der Waals surface area contributed by atoms with Crippen LogP contribution in [0.15, 0.2) is 77.3 Å². The molecule has 4 rings (SSSR count). The number of nitrogens with one attached hydrogen (secondary N) is 1. The predicted octanol–water partition coefficient (Wildman–Crippen LogP) is 4.78. The van der Waals surface area contributed by atoms with Crippen molar-refractivity contribution in [2.75, 3.05) is 14.2 Å². The first-order chi connectivity index (χ1) is 16.1. The van der Waals surface area contributed by atoms with Gasteiger partial charge in [0.15, 0.2) is 0 Å². The average molecular weight is 444 g/mol. The summed E-state index contributed by atoms with van der Waals surface area (Å²) in [4.78, 5) is 17.5. The van der Waals surface area contributed by atoms with Gasteiger partial charge in [-0.1, -0.05) is 53.2 Å². The van der Waals surface area contributed by atoms with Crippen LogP contribution < -0.4 is 14.8 Å². The fraction of sp³-hybridized carbons (Fsp3) is 0.192. The molecule has 0 aliphatic rings. The van der Waals surface area contributed by atoms with E-state index in [-0.39, 0.29) is 5.91 Å². The Morgan fingerprint density at radius 1 is 0.970 bits per heavy atom. The Kier molecular flexibility index (Phi) is 6.69. The van der Waals surface area contributed by atoms with Crippen LogP contribution in [0.25, 0.3) is 11.4 Å². The largest absolute Gasteiger partial charge is 0.497 e. The van der Waals surface area contributed by atoms with Gasteiger partial charge in [-0.25, -0.2) is 0 Å². The topological polar surface area (TPSA) is 86.5 Å². The second kappa shape index (κ2) is 9.99. The molecule has 0 aliphatic heterocycles. The van der Waals surface area contributed by atoms with Gasteiger partial charge in [-0.2, -0.15) is 4.98 Å². The first kappa shape index (κ1) is 22.1. The molecule has 0 saturated heterocycles. The summed E-state index contributed by atoms with van der Waals surface area (Å²) in [6.45, 7) is 1.98. The molecule has 0 radical (unpaired) electrons. The quantitative estimate of drug-likeness (QED) is 0.422. The third-order valence-electron chi connectivity index (χ3n) is 5.25. The van der Waals surface area contributed by atoms with Crippen molar-refractivity contribution >= 4 is 5.91 Å². The fourth-order valence-electron chi connectivity index (χ4n) is 3.43. The summed E-state index contributed by atoms with van der Waals surface area (Å²) in [7, 11) is 3.16. The minimum atomic E-state index is -0.505. The highest BCUT2D eigenvalue weighted by atomic mass is 16.5. The summed E-state index contributed by atoms with van der Waals surface area (Å²) in [5.41, 5.74) is 3.37. The van der Waals surface area contributed by atoms with E-state index in [0.29, 0.717) is 40.8 Å². The second-order valence-electron chi connectivity index (χ2n) is 7.64. The molecule has 3 aromatic carbocycles. The van der Waals surface area contributed by atoms with Gasteiger partial charge >= 0.3 is 0 Å². The van der Waals surface area contributed by atoms with Gasteiger partial charge < -0.3 is 19.3 Å². The summed E-state index contributed by atoms with van der Waals surface area (Å²) < 4.78 is 16.3. The molecule has 1 heterocycles. The van der Waals surface area contributed by atoms with Gasteiger partial charge in [0.2, 0.25) is 11.7 Å². The van der Waals surface area contributed by atoms with Gasteiger partial charge in [0.05, 0.1) is 14.2 Å². The van der Waals surface area contributed by atoms with Gasteiger partial charge in [0.25, 0.3) is 5.91 Å². The zero-order chi connectivity index (χ0) is 23.2. The van der Waals surface area contributed by atoms with Gasteiger partial charge in [0, 0.05) is 23.6 Å². The molecule has 0 fully saturated rings. The van der Waals surface area contributed by atoms with Crippen molar-refractivity contribution in [3.05, 3.63) is 95.4 Å². The van der Waals surface area contributed by atoms with Crippen molar-refractivity contribution < 1.29 is 18.8 Å². The molecule has 7 heteroatoms. The highest BCUT2D eigenvalue weighted by Gasteiger charge is 2.23. The highest BCUT2D eigenvalue weighted by molar-refractivity contribution is 5.94. The number of hydrogen-bond acceptors (Lipinski definition) is 6. The lowest BCUT2D eigenvalue weighted by molar-refractivity contribution is 0.0928. The number of benzene rings is 3. The Morgan fingerprint density at radius 3 is 2.27 bits per heavy atom. The molecular formula is C26H25N3O4. The third kappa shape index (κ3) is 5.38. The molecule has 0 bridgehead atoms. The van der Waals surface area contributed by atoms with E-state index in [1.807, 2.05) is 49.4 Å². The van der Waals surface area contributed by atoms with E-state index in [0.717, 1.165) is 11.1 Å². The van der Waals surface area contributed by atoms with E-state index < -0.39 is 6.04 Å². The molecule has 1 amide bonds. The number of aromatic nitrogens is 2. The Hall–Kier alpha value is -4.13. The first-order valence-electron chi connectivity index (χ1n) is 10.5. The van der Waals surface area contributed by atoms with Crippen LogP contribution in [-0.4, -0.2) is 30.3 Å². The number of ether oxygens (including phenoxy) is 2. The van der Waals surface area contributed by atoms with Crippen molar-refractivity contribution in [2.45, 2.75) is 19.4 Å². The van der Waals surface area contributed by atoms with Crippen LogP contribution in [0.5, 0.6) is 11.5 Å². The lowest BCUT2D eigenvalue weighted by Crippen LogP contribution is -2.30. The third-order valence-corrected chi connectivity index (χ3v) is 5.25. The number of methoxy groups -OCH3 is 2. The maximum atomic E-state index is 12.9. The molecule has 1 unspecified atom stereocenters. The Labute approximate surface area is 192 Å². The first-order valence-corrected chi connectivity index (χ1v) is 10.5. The van der Waals surface area contributed by atoms with E-state index in [9.17, 15) is 4.79 Å². The zero-order valence-electron chi connectivity index (χ0n) is 18.7. The summed E-state index contributed by atoms with van der Waals surface area (Å²) in [5, 5.41) is 7.19. The predicted molar refractivity (Wildman–Crippen MR) is 124 cm³/mol. The SMILES string of the molecule is COc1cc(OC)cc(-c2noc(C(Cc3ccccc3)NC(=O)c3ccc(C)cc3)n2)c1. The molecule has 0 spiro atoms. The van der Waals surface area contributed by atoms with E-state index in [2.05, 4.69) is 15.5 Å². The van der Waals surface area contributed by atoms with Crippen molar-refractivity contribution in [1.29, 1.82) is 0 Å². The average Bonchev–Trinajstić information content (AvgIpc) is 3.35. The Bertz CT molecular complexity index is 1200. The summed E-state index contributed by atoms with van der Waals surface area (Å²) in [6.07, 6.45) is 0.501. The molecule has 4 aromatic rings. The van der Waals surface area contributed by atoms with Gasteiger partial charge in [-0.3, -0.25) is 4.79 Å². The maximum absolute atomic E-state index is 12.9. The van der Waals surface area contributed by atoms with E-state index >= 15 is 0 Å². The van der Waals surface area contributed by atoms with Crippen LogP contribution in [0.3, 0.4) is 0 Å². The minimum absolute atomic E-state index is 0.210. The van der Waals surface area contributed by atoms with Crippen molar-refractivity contribution in [1.82, 2.24) is 15.5 Å². The van der Waals surface area contributed by atoms with Gasteiger partial charge in [-0.15, -0.1) is 0 Å². The minimum Gasteiger partial charge on any atom is -0.497 e. The molecule has 33 heavy (non-hydrogen) atoms. The molecule has 1 aromatic heterocycles. The molecule has 1 atom stereocenters. The molecule has 0 saturated carbocycles. The Balaban J connectivity index is 1.64. The molecule has 0 aliphatic carbocycles. The van der Waals surface area contributed by atoms with Crippen LogP contribution in [0.1, 0.15) is 33.4 Å². The summed E-state index contributed by atoms with van der Waals surface area (Å²) in [6, 6.07) is 22.1. The monoisotopic (exact) mass is 443 g/mol. The van der Waals surface area contributed by atoms with E-state index in [1.54, 1.807) is 44.6 Å². The smallest absolute Gasteiger partial charge is 0.251 e. The molecular weight excluding hydrogens is 418 g/mol. The lowest BCUT2D eigenvalue weighted by Gasteiger charge is -2.15. The molecule has 168 valence electrons. The van der Waals surface area contributed by atoms with Crippen LogP contribution >= 0.6 is 0 Å². The van der Waals surface area contributed by atoms with Crippen molar-refractivity contribution in [2.24, 2.45) is 0 Å². The number of amides is 1. The van der Waals surface area contributed by atoms with Crippen molar-refractivity contribution in [3.63, 3.8) is 0 Å². The number of rotatable bonds is 8. The number of aryl methyl sites for hydroxylation is 1. The number of carbonyl (C=O) groups excluding carboxylic acids is 1. The second-order valence-corrected chi connectivity index (χ2v) is 7.64. The Morgan fingerprint density at radius 2 is 1.64 bits per heavy atom. The zero-order valence-corrected chi connectivity index (χ0v) is 18.7. The lowest BCUT2D eigenvalue weighted by atomic mass is 10.0. The number of hydrogen-bond donors (Lipinski definition) is 1. The number of nitrogens with zero attached hydrogens (tertiary/aromatic N) is 2. The van der Waals surface area contributed by atoms with E-state index in [1.165, 1.54) is 0 Å². The maximum Gasteiger partial charge on any atom is 0.251 e. The van der Waals surface area contributed by atoms with Gasteiger partial charge in [0.1, 0.15) is 17.5 Å². The van der Waals surface area contributed by atoms with Crippen LogP contribution in [-0.2, 0) is 6.42 Å².